The van der Waals surface area contributed by atoms with Gasteiger partial charge >= 0.3 is 11.9 Å². The second-order valence-corrected chi connectivity index (χ2v) is 12.1. The number of imide groups is 1. The highest BCUT2D eigenvalue weighted by Crippen LogP contribution is 2.40. The number of nitrogens with one attached hydrogen (secondary N) is 1. The van der Waals surface area contributed by atoms with Crippen molar-refractivity contribution in [3.05, 3.63) is 26.4 Å². The van der Waals surface area contributed by atoms with E-state index in [0.29, 0.717) is 17.5 Å². The van der Waals surface area contributed by atoms with Crippen molar-refractivity contribution in [1.82, 2.24) is 14.6 Å². The third-order valence-electron chi connectivity index (χ3n) is 4.81. The summed E-state index contributed by atoms with van der Waals surface area (Å²) >= 11 is 2.46. The number of urea groups is 1. The van der Waals surface area contributed by atoms with Crippen LogP contribution >= 0.6 is 23.1 Å². The van der Waals surface area contributed by atoms with Crippen LogP contribution in [-0.2, 0) is 21.4 Å². The molecular weight excluding hydrogens is 432 g/mol. The molecule has 1 aromatic rings. The topological polar surface area (TPSA) is 99.5 Å². The number of aryl methyl sites for hydroxylation is 1. The lowest BCUT2D eigenvalue weighted by atomic mass is 10.1. The van der Waals surface area contributed by atoms with Crippen LogP contribution in [0.5, 0.6) is 0 Å². The van der Waals surface area contributed by atoms with Gasteiger partial charge in [0.15, 0.2) is 5.04 Å². The average molecular weight is 456 g/mol. The summed E-state index contributed by atoms with van der Waals surface area (Å²) in [4.78, 5) is 32.6. The zero-order chi connectivity index (χ0) is 20.9. The quantitative estimate of drug-likeness (QED) is 0.633. The van der Waals surface area contributed by atoms with Crippen molar-refractivity contribution in [2.24, 2.45) is 11.8 Å². The summed E-state index contributed by atoms with van der Waals surface area (Å²) in [7, 11) is -3.73. The first kappa shape index (κ1) is 20.7. The third-order valence-corrected chi connectivity index (χ3v) is 9.08. The Morgan fingerprint density at radius 3 is 2.66 bits per heavy atom. The van der Waals surface area contributed by atoms with Gasteiger partial charge in [-0.25, -0.2) is 22.9 Å². The number of carbonyl (C=O) groups excluding carboxylic acids is 2. The van der Waals surface area contributed by atoms with E-state index in [1.165, 1.54) is 22.3 Å². The smallest absolute Gasteiger partial charge is 0.250 e. The molecule has 1 N–H and O–H groups in total. The summed E-state index contributed by atoms with van der Waals surface area (Å²) in [5.41, 5.74) is 0. The zero-order valence-electron chi connectivity index (χ0n) is 16.4. The summed E-state index contributed by atoms with van der Waals surface area (Å²) in [5, 5.41) is 1.37. The molecule has 1 saturated carbocycles. The molecule has 0 spiro atoms. The third kappa shape index (κ3) is 4.18. The Hall–Kier alpha value is -1.56. The molecule has 3 amide bonds. The predicted molar refractivity (Wildman–Crippen MR) is 112 cm³/mol. The van der Waals surface area contributed by atoms with Crippen LogP contribution in [0.25, 0.3) is 0 Å². The molecule has 1 atom stereocenters. The number of sulfonamides is 1. The SMILES string of the molecule is Cc1ncc(CN2C(=O)C3C=C(S(=O)(=O)NC(C)C)SC3=[N+](CC3CC3)C2=O)s1. The fourth-order valence-corrected chi connectivity index (χ4v) is 6.97. The van der Waals surface area contributed by atoms with Gasteiger partial charge in [0.05, 0.1) is 16.4 Å². The van der Waals surface area contributed by atoms with E-state index in [1.54, 1.807) is 24.6 Å². The van der Waals surface area contributed by atoms with Gasteiger partial charge in [-0.3, -0.25) is 0 Å². The summed E-state index contributed by atoms with van der Waals surface area (Å²) in [5.74, 6) is -0.725. The summed E-state index contributed by atoms with van der Waals surface area (Å²) in [6, 6.07) is -0.643. The Morgan fingerprint density at radius 1 is 1.34 bits per heavy atom. The first-order valence-corrected chi connectivity index (χ1v) is 12.6. The molecule has 0 aromatic carbocycles. The van der Waals surface area contributed by atoms with E-state index in [2.05, 4.69) is 9.71 Å². The van der Waals surface area contributed by atoms with E-state index < -0.39 is 15.9 Å². The van der Waals surface area contributed by atoms with Crippen molar-refractivity contribution in [2.45, 2.75) is 46.2 Å². The second kappa shape index (κ2) is 7.60. The van der Waals surface area contributed by atoms with Gasteiger partial charge in [0.1, 0.15) is 16.7 Å². The lowest BCUT2D eigenvalue weighted by Gasteiger charge is -2.23. The maximum atomic E-state index is 13.2. The molecule has 0 bridgehead atoms. The van der Waals surface area contributed by atoms with E-state index in [4.69, 9.17) is 0 Å². The average Bonchev–Trinajstić information content (AvgIpc) is 3.16. The maximum Gasteiger partial charge on any atom is 0.501 e. The van der Waals surface area contributed by atoms with E-state index in [1.807, 2.05) is 6.92 Å². The number of rotatable bonds is 7. The molecule has 1 fully saturated rings. The molecule has 3 heterocycles. The molecule has 1 unspecified atom stereocenters. The fourth-order valence-electron chi connectivity index (χ4n) is 3.33. The van der Waals surface area contributed by atoms with Gasteiger partial charge < -0.3 is 0 Å². The summed E-state index contributed by atoms with van der Waals surface area (Å²) < 4.78 is 29.5. The number of carbonyl (C=O) groups is 2. The monoisotopic (exact) mass is 455 g/mol. The Morgan fingerprint density at radius 2 is 2.07 bits per heavy atom. The first-order chi connectivity index (χ1) is 13.7. The Balaban J connectivity index is 1.69. The van der Waals surface area contributed by atoms with Gasteiger partial charge in [-0.05, 0) is 57.4 Å². The van der Waals surface area contributed by atoms with E-state index in [9.17, 15) is 18.0 Å². The van der Waals surface area contributed by atoms with Gasteiger partial charge in [-0.1, -0.05) is 0 Å². The van der Waals surface area contributed by atoms with Crippen molar-refractivity contribution < 1.29 is 22.6 Å². The number of thiazole rings is 1. The zero-order valence-corrected chi connectivity index (χ0v) is 18.9. The summed E-state index contributed by atoms with van der Waals surface area (Å²) in [6.07, 6.45) is 5.24. The molecule has 11 heteroatoms. The normalized spacial score (nSPS) is 22.6. The minimum absolute atomic E-state index is 0.0867. The minimum Gasteiger partial charge on any atom is -0.250 e. The van der Waals surface area contributed by atoms with Crippen LogP contribution in [0, 0.1) is 18.8 Å². The standard InChI is InChI=1S/C18H23N4O4S3/c1-10(2)20-29(25,26)15-6-14-16(23)21(9-13-7-19-11(3)27-13)18(24)22(17(14)28-15)8-12-4-5-12/h6-7,10,12,14,20H,4-5,8-9H2,1-3H3/q+1. The second-order valence-electron chi connectivity index (χ2n) is 7.79. The highest BCUT2D eigenvalue weighted by atomic mass is 32.3. The van der Waals surface area contributed by atoms with Crippen LogP contribution in [0.2, 0.25) is 0 Å². The lowest BCUT2D eigenvalue weighted by Crippen LogP contribution is -2.52. The number of fused-ring (bicyclic) bond motifs is 1. The molecular formula is C18H23N4O4S3+. The Bertz CT molecular complexity index is 1040. The molecule has 8 nitrogen and oxygen atoms in total. The molecule has 4 rings (SSSR count). The maximum absolute atomic E-state index is 13.2. The van der Waals surface area contributed by atoms with E-state index in [0.717, 1.165) is 34.5 Å². The first-order valence-electron chi connectivity index (χ1n) is 9.48. The van der Waals surface area contributed by atoms with Gasteiger partial charge in [-0.15, -0.1) is 11.3 Å². The van der Waals surface area contributed by atoms with Crippen molar-refractivity contribution in [1.29, 1.82) is 0 Å². The highest BCUT2D eigenvalue weighted by Gasteiger charge is 2.52. The number of hydrogen-bond acceptors (Lipinski definition) is 7. The number of amides is 3. The molecule has 0 radical (unpaired) electrons. The van der Waals surface area contributed by atoms with Crippen LogP contribution in [0.15, 0.2) is 16.5 Å². The highest BCUT2D eigenvalue weighted by molar-refractivity contribution is 8.27. The van der Waals surface area contributed by atoms with Gasteiger partial charge in [-0.2, -0.15) is 14.3 Å². The molecule has 3 aliphatic rings. The van der Waals surface area contributed by atoms with E-state index in [-0.39, 0.29) is 28.8 Å². The molecule has 1 aliphatic carbocycles. The summed E-state index contributed by atoms with van der Waals surface area (Å²) in [6.45, 7) is 6.02. The Kier molecular flexibility index (Phi) is 5.43. The lowest BCUT2D eigenvalue weighted by molar-refractivity contribution is -0.441. The molecule has 2 aliphatic heterocycles. The fraction of sp³-hybridized carbons (Fsp3) is 0.556. The van der Waals surface area contributed by atoms with Crippen molar-refractivity contribution in [3.63, 3.8) is 0 Å². The number of thioether (sulfide) groups is 1. The van der Waals surface area contributed by atoms with Gasteiger partial charge in [0, 0.05) is 12.2 Å². The van der Waals surface area contributed by atoms with Crippen LogP contribution in [-0.4, -0.2) is 52.4 Å². The van der Waals surface area contributed by atoms with Crippen LogP contribution in [0.1, 0.15) is 36.6 Å². The van der Waals surface area contributed by atoms with Crippen molar-refractivity contribution >= 4 is 50.1 Å². The molecule has 1 aromatic heterocycles. The molecule has 156 valence electrons. The van der Waals surface area contributed by atoms with E-state index >= 15 is 0 Å². The minimum atomic E-state index is -3.73. The Labute approximate surface area is 178 Å². The number of aromatic nitrogens is 1. The van der Waals surface area contributed by atoms with Gasteiger partial charge in [0.25, 0.3) is 0 Å². The van der Waals surface area contributed by atoms with Crippen molar-refractivity contribution in [2.75, 3.05) is 6.54 Å². The molecule has 29 heavy (non-hydrogen) atoms. The largest absolute Gasteiger partial charge is 0.501 e. The van der Waals surface area contributed by atoms with Gasteiger partial charge in [0.2, 0.25) is 10.0 Å². The van der Waals surface area contributed by atoms with Crippen LogP contribution in [0.4, 0.5) is 4.79 Å². The molecule has 0 saturated heterocycles. The van der Waals surface area contributed by atoms with Crippen LogP contribution < -0.4 is 4.72 Å². The number of nitrogens with zero attached hydrogens (tertiary/aromatic N) is 3. The van der Waals surface area contributed by atoms with Crippen molar-refractivity contribution in [3.8, 4) is 0 Å². The number of hydrogen-bond donors (Lipinski definition) is 1. The van der Waals surface area contributed by atoms with Crippen LogP contribution in [0.3, 0.4) is 0 Å². The predicted octanol–water partition coefficient (Wildman–Crippen LogP) is 2.27.